The molecule has 3 N–H and O–H groups in total. The fourth-order valence-corrected chi connectivity index (χ4v) is 3.07. The van der Waals surface area contributed by atoms with E-state index in [2.05, 4.69) is 46.0 Å². The van der Waals surface area contributed by atoms with Crippen LogP contribution in [0.5, 0.6) is 0 Å². The molecule has 4 heteroatoms. The summed E-state index contributed by atoms with van der Waals surface area (Å²) in [5.41, 5.74) is 8.60. The number of rotatable bonds is 4. The Balaban J connectivity index is 2.06. The van der Waals surface area contributed by atoms with Crippen molar-refractivity contribution in [1.82, 2.24) is 15.6 Å². The summed E-state index contributed by atoms with van der Waals surface area (Å²) < 4.78 is 0. The van der Waals surface area contributed by atoms with Gasteiger partial charge in [-0.05, 0) is 55.4 Å². The van der Waals surface area contributed by atoms with Crippen molar-refractivity contribution in [3.8, 4) is 0 Å². The number of aromatic nitrogens is 2. The van der Waals surface area contributed by atoms with Crippen molar-refractivity contribution in [2.75, 3.05) is 0 Å². The van der Waals surface area contributed by atoms with Crippen molar-refractivity contribution >= 4 is 0 Å². The third-order valence-electron chi connectivity index (χ3n) is 4.47. The number of nitrogens with zero attached hydrogens (tertiary/aromatic N) is 2. The monoisotopic (exact) mass is 282 g/mol. The second-order valence-corrected chi connectivity index (χ2v) is 5.88. The quantitative estimate of drug-likeness (QED) is 0.668. The van der Waals surface area contributed by atoms with E-state index in [9.17, 15) is 0 Å². The van der Waals surface area contributed by atoms with Gasteiger partial charge in [0.05, 0.1) is 17.4 Å². The van der Waals surface area contributed by atoms with Crippen molar-refractivity contribution in [2.45, 2.75) is 45.1 Å². The van der Waals surface area contributed by atoms with Gasteiger partial charge in [-0.2, -0.15) is 10.2 Å². The summed E-state index contributed by atoms with van der Waals surface area (Å²) in [7, 11) is 0. The van der Waals surface area contributed by atoms with Crippen LogP contribution in [0.2, 0.25) is 0 Å². The molecule has 0 spiro atoms. The highest BCUT2D eigenvalue weighted by Gasteiger charge is 2.26. The zero-order chi connectivity index (χ0) is 14.8. The maximum absolute atomic E-state index is 5.89. The number of nitrogens with one attached hydrogen (secondary N) is 1. The second kappa shape index (κ2) is 5.92. The first-order chi connectivity index (χ1) is 10.2. The Labute approximate surface area is 125 Å². The van der Waals surface area contributed by atoms with Gasteiger partial charge in [0.1, 0.15) is 0 Å². The Bertz CT molecular complexity index is 634. The molecule has 0 radical (unpaired) electrons. The lowest BCUT2D eigenvalue weighted by Crippen LogP contribution is -2.31. The number of benzene rings is 1. The van der Waals surface area contributed by atoms with Crippen molar-refractivity contribution < 1.29 is 0 Å². The summed E-state index contributed by atoms with van der Waals surface area (Å²) in [5.74, 6) is 6.56. The van der Waals surface area contributed by atoms with E-state index in [1.807, 2.05) is 13.8 Å². The van der Waals surface area contributed by atoms with E-state index in [0.717, 1.165) is 17.0 Å². The molecule has 1 aliphatic rings. The van der Waals surface area contributed by atoms with E-state index in [-0.39, 0.29) is 6.04 Å². The van der Waals surface area contributed by atoms with Crippen LogP contribution in [0.3, 0.4) is 0 Å². The first-order valence-electron chi connectivity index (χ1n) is 7.56. The lowest BCUT2D eigenvalue weighted by Gasteiger charge is -2.30. The summed E-state index contributed by atoms with van der Waals surface area (Å²) >= 11 is 0. The van der Waals surface area contributed by atoms with Crippen LogP contribution in [0.1, 0.15) is 59.3 Å². The van der Waals surface area contributed by atoms with E-state index in [4.69, 9.17) is 5.84 Å². The topological polar surface area (TPSA) is 63.8 Å². The van der Waals surface area contributed by atoms with Gasteiger partial charge in [-0.15, -0.1) is 0 Å². The van der Waals surface area contributed by atoms with E-state index >= 15 is 0 Å². The number of hydrogen-bond donors (Lipinski definition) is 2. The van der Waals surface area contributed by atoms with E-state index in [1.54, 1.807) is 0 Å². The Kier molecular flexibility index (Phi) is 3.99. The van der Waals surface area contributed by atoms with Gasteiger partial charge < -0.3 is 0 Å². The first-order valence-corrected chi connectivity index (χ1v) is 7.56. The van der Waals surface area contributed by atoms with Gasteiger partial charge in [-0.1, -0.05) is 30.7 Å². The highest BCUT2D eigenvalue weighted by atomic mass is 15.2. The molecule has 4 nitrogen and oxygen atoms in total. The molecule has 1 fully saturated rings. The van der Waals surface area contributed by atoms with Gasteiger partial charge in [0, 0.05) is 0 Å². The molecule has 1 aliphatic carbocycles. The fraction of sp³-hybridized carbons (Fsp3) is 0.412. The lowest BCUT2D eigenvalue weighted by atomic mass is 9.76. The normalized spacial score (nSPS) is 16.5. The molecule has 21 heavy (non-hydrogen) atoms. The van der Waals surface area contributed by atoms with Crippen molar-refractivity contribution in [3.05, 3.63) is 58.4 Å². The molecule has 1 aromatic carbocycles. The van der Waals surface area contributed by atoms with Gasteiger partial charge in [0.2, 0.25) is 0 Å². The minimum atomic E-state index is -0.0315. The number of hydrogen-bond acceptors (Lipinski definition) is 4. The molecule has 3 rings (SSSR count). The van der Waals surface area contributed by atoms with E-state index in [0.29, 0.717) is 5.92 Å². The molecule has 1 heterocycles. The lowest BCUT2D eigenvalue weighted by molar-refractivity contribution is 0.414. The zero-order valence-electron chi connectivity index (χ0n) is 12.6. The minimum absolute atomic E-state index is 0.0315. The standard InChI is InChI=1S/C17H22N4/c1-11-10-16(12(2)21-20-11)17(19-18)15-9-4-3-8-14(15)13-6-5-7-13/h3-4,8-10,13,17,19H,5-7,18H2,1-2H3. The predicted octanol–water partition coefficient (Wildman–Crippen LogP) is 2.91. The van der Waals surface area contributed by atoms with Crippen LogP contribution in [0.25, 0.3) is 0 Å². The summed E-state index contributed by atoms with van der Waals surface area (Å²) in [6.45, 7) is 3.94. The number of hydrazine groups is 1. The molecular formula is C17H22N4. The Morgan fingerprint density at radius 2 is 1.90 bits per heavy atom. The molecule has 0 saturated heterocycles. The van der Waals surface area contributed by atoms with Gasteiger partial charge in [-0.3, -0.25) is 5.84 Å². The third-order valence-corrected chi connectivity index (χ3v) is 4.47. The van der Waals surface area contributed by atoms with Crippen LogP contribution in [0, 0.1) is 13.8 Å². The molecule has 0 aliphatic heterocycles. The molecule has 1 aromatic heterocycles. The molecule has 1 saturated carbocycles. The van der Waals surface area contributed by atoms with Crippen LogP contribution in [-0.2, 0) is 0 Å². The highest BCUT2D eigenvalue weighted by molar-refractivity contribution is 5.41. The molecule has 0 amide bonds. The average Bonchev–Trinajstić information content (AvgIpc) is 2.43. The first kappa shape index (κ1) is 14.2. The summed E-state index contributed by atoms with van der Waals surface area (Å²) in [4.78, 5) is 0. The second-order valence-electron chi connectivity index (χ2n) is 5.88. The third kappa shape index (κ3) is 2.69. The van der Waals surface area contributed by atoms with Gasteiger partial charge >= 0.3 is 0 Å². The number of aryl methyl sites for hydroxylation is 2. The highest BCUT2D eigenvalue weighted by Crippen LogP contribution is 2.40. The van der Waals surface area contributed by atoms with Crippen LogP contribution >= 0.6 is 0 Å². The van der Waals surface area contributed by atoms with Crippen LogP contribution in [0.4, 0.5) is 0 Å². The van der Waals surface area contributed by atoms with Crippen LogP contribution in [0.15, 0.2) is 30.3 Å². The van der Waals surface area contributed by atoms with Crippen LogP contribution < -0.4 is 11.3 Å². The largest absolute Gasteiger partial charge is 0.271 e. The van der Waals surface area contributed by atoms with Crippen molar-refractivity contribution in [1.29, 1.82) is 0 Å². The van der Waals surface area contributed by atoms with Crippen molar-refractivity contribution in [3.63, 3.8) is 0 Å². The fourth-order valence-electron chi connectivity index (χ4n) is 3.07. The molecule has 1 unspecified atom stereocenters. The number of nitrogens with two attached hydrogens (primary N) is 1. The SMILES string of the molecule is Cc1cc(C(NN)c2ccccc2C2CCC2)c(C)nn1. The minimum Gasteiger partial charge on any atom is -0.271 e. The zero-order valence-corrected chi connectivity index (χ0v) is 12.6. The Morgan fingerprint density at radius 3 is 2.57 bits per heavy atom. The van der Waals surface area contributed by atoms with E-state index in [1.165, 1.54) is 30.4 Å². The molecule has 0 bridgehead atoms. The molecular weight excluding hydrogens is 260 g/mol. The van der Waals surface area contributed by atoms with Gasteiger partial charge in [-0.25, -0.2) is 5.43 Å². The van der Waals surface area contributed by atoms with Crippen LogP contribution in [-0.4, -0.2) is 10.2 Å². The smallest absolute Gasteiger partial charge is 0.0731 e. The van der Waals surface area contributed by atoms with E-state index < -0.39 is 0 Å². The maximum atomic E-state index is 5.89. The maximum Gasteiger partial charge on any atom is 0.0731 e. The Hall–Kier alpha value is -1.78. The van der Waals surface area contributed by atoms with Gasteiger partial charge in [0.25, 0.3) is 0 Å². The summed E-state index contributed by atoms with van der Waals surface area (Å²) in [6, 6.07) is 10.7. The van der Waals surface area contributed by atoms with Crippen molar-refractivity contribution in [2.24, 2.45) is 5.84 Å². The summed E-state index contributed by atoms with van der Waals surface area (Å²) in [6.07, 6.45) is 3.89. The predicted molar refractivity (Wildman–Crippen MR) is 83.7 cm³/mol. The summed E-state index contributed by atoms with van der Waals surface area (Å²) in [5, 5.41) is 8.35. The molecule has 110 valence electrons. The Morgan fingerprint density at radius 1 is 1.14 bits per heavy atom. The average molecular weight is 282 g/mol. The molecule has 2 aromatic rings. The molecule has 1 atom stereocenters. The van der Waals surface area contributed by atoms with Gasteiger partial charge in [0.15, 0.2) is 0 Å².